The molecular formula is C36H45F3O5. The average molecular weight is 615 g/mol. The first kappa shape index (κ1) is 38.1. The highest BCUT2D eigenvalue weighted by Gasteiger charge is 2.32. The molecule has 0 unspecified atom stereocenters. The smallest absolute Gasteiger partial charge is 0.416 e. The van der Waals surface area contributed by atoms with Crippen molar-refractivity contribution >= 4 is 17.7 Å². The van der Waals surface area contributed by atoms with E-state index in [0.717, 1.165) is 57.6 Å². The maximum absolute atomic E-state index is 13.0. The van der Waals surface area contributed by atoms with E-state index < -0.39 is 29.2 Å². The lowest BCUT2D eigenvalue weighted by molar-refractivity contribution is -0.143. The summed E-state index contributed by atoms with van der Waals surface area (Å²) in [4.78, 5) is 35.7. The third-order valence-electron chi connectivity index (χ3n) is 6.04. The third-order valence-corrected chi connectivity index (χ3v) is 6.04. The Hall–Kier alpha value is -3.94. The predicted molar refractivity (Wildman–Crippen MR) is 169 cm³/mol. The molecule has 240 valence electrons. The molecule has 0 atom stereocenters. The van der Waals surface area contributed by atoms with Gasteiger partial charge in [0, 0.05) is 19.8 Å². The molecule has 0 aromatic heterocycles. The molecule has 0 aliphatic rings. The molecule has 0 radical (unpaired) electrons. The standard InChI is InChI=1S/C36H45F3O5/c1-3-4-5-6-7-8-9-10-11-12-13-14-15-16-17-18-19-20-21-25-35(42)43-28-23-22-24-33(41)32-27-26-31(36(37,38)39)29-34(32)44-30(2)40/h4-5,7-8,10-11,13-14,16-17,19-20,26-27,29H,3,6,9,12,15,18,21-25,28H2,1-2H3/b5-4-,8-7-,11-10-,14-13-,17-16-,20-19-. The van der Waals surface area contributed by atoms with Crippen LogP contribution >= 0.6 is 0 Å². The number of benzene rings is 1. The van der Waals surface area contributed by atoms with Crippen LogP contribution in [0.2, 0.25) is 0 Å². The summed E-state index contributed by atoms with van der Waals surface area (Å²) >= 11 is 0. The van der Waals surface area contributed by atoms with Crippen LogP contribution in [0.1, 0.15) is 100 Å². The van der Waals surface area contributed by atoms with E-state index in [1.807, 2.05) is 12.2 Å². The summed E-state index contributed by atoms with van der Waals surface area (Å²) in [6.45, 7) is 3.32. The van der Waals surface area contributed by atoms with Crippen molar-refractivity contribution in [3.63, 3.8) is 0 Å². The van der Waals surface area contributed by atoms with Gasteiger partial charge in [-0.3, -0.25) is 14.4 Å². The Balaban J connectivity index is 2.16. The molecule has 1 aromatic rings. The molecule has 0 amide bonds. The highest BCUT2D eigenvalue weighted by molar-refractivity contribution is 5.99. The second-order valence-electron chi connectivity index (χ2n) is 9.86. The number of ether oxygens (including phenoxy) is 2. The second kappa shape index (κ2) is 23.5. The van der Waals surface area contributed by atoms with Crippen molar-refractivity contribution in [1.29, 1.82) is 0 Å². The lowest BCUT2D eigenvalue weighted by Gasteiger charge is -2.12. The average Bonchev–Trinajstić information content (AvgIpc) is 2.97. The Morgan fingerprint density at radius 2 is 1.25 bits per heavy atom. The maximum Gasteiger partial charge on any atom is 0.416 e. The fourth-order valence-corrected chi connectivity index (χ4v) is 3.79. The Morgan fingerprint density at radius 1 is 0.727 bits per heavy atom. The maximum atomic E-state index is 13.0. The van der Waals surface area contributed by atoms with Crippen molar-refractivity contribution in [1.82, 2.24) is 0 Å². The summed E-state index contributed by atoms with van der Waals surface area (Å²) in [5.41, 5.74) is -1.11. The lowest BCUT2D eigenvalue weighted by atomic mass is 10.0. The minimum atomic E-state index is -4.63. The van der Waals surface area contributed by atoms with Crippen molar-refractivity contribution in [2.75, 3.05) is 6.61 Å². The summed E-state index contributed by atoms with van der Waals surface area (Å²) in [6, 6.07) is 2.44. The summed E-state index contributed by atoms with van der Waals surface area (Å²) in [5.74, 6) is -2.04. The van der Waals surface area contributed by atoms with Gasteiger partial charge in [-0.25, -0.2) is 0 Å². The van der Waals surface area contributed by atoms with E-state index in [9.17, 15) is 27.6 Å². The van der Waals surface area contributed by atoms with Crippen LogP contribution in [0.4, 0.5) is 13.2 Å². The van der Waals surface area contributed by atoms with Crippen LogP contribution in [0.5, 0.6) is 5.75 Å². The molecule has 5 nitrogen and oxygen atoms in total. The van der Waals surface area contributed by atoms with Gasteiger partial charge in [0.15, 0.2) is 5.78 Å². The van der Waals surface area contributed by atoms with Crippen molar-refractivity contribution in [3.05, 3.63) is 102 Å². The molecule has 0 aliphatic carbocycles. The number of esters is 2. The number of carbonyl (C=O) groups is 3. The predicted octanol–water partition coefficient (Wildman–Crippen LogP) is 10.0. The molecule has 0 N–H and O–H groups in total. The van der Waals surface area contributed by atoms with Gasteiger partial charge in [0.1, 0.15) is 5.75 Å². The fraction of sp³-hybridized carbons (Fsp3) is 0.417. The Morgan fingerprint density at radius 3 is 1.75 bits per heavy atom. The summed E-state index contributed by atoms with van der Waals surface area (Å²) in [6.07, 6.45) is 28.0. The monoisotopic (exact) mass is 614 g/mol. The van der Waals surface area contributed by atoms with E-state index in [1.165, 1.54) is 0 Å². The van der Waals surface area contributed by atoms with E-state index >= 15 is 0 Å². The number of alkyl halides is 3. The van der Waals surface area contributed by atoms with Crippen molar-refractivity contribution in [2.24, 2.45) is 0 Å². The molecular weight excluding hydrogens is 569 g/mol. The van der Waals surface area contributed by atoms with Crippen molar-refractivity contribution < 1.29 is 37.0 Å². The van der Waals surface area contributed by atoms with Gasteiger partial charge < -0.3 is 9.47 Å². The minimum absolute atomic E-state index is 0.00964. The largest absolute Gasteiger partial charge is 0.466 e. The topological polar surface area (TPSA) is 69.7 Å². The minimum Gasteiger partial charge on any atom is -0.466 e. The molecule has 0 fully saturated rings. The molecule has 44 heavy (non-hydrogen) atoms. The second-order valence-corrected chi connectivity index (χ2v) is 9.86. The van der Waals surface area contributed by atoms with E-state index in [4.69, 9.17) is 9.47 Å². The van der Waals surface area contributed by atoms with Gasteiger partial charge in [-0.1, -0.05) is 79.8 Å². The molecule has 0 saturated heterocycles. The zero-order chi connectivity index (χ0) is 32.5. The van der Waals surface area contributed by atoms with Crippen LogP contribution in [0, 0.1) is 0 Å². The number of allylic oxidation sites excluding steroid dienone is 12. The van der Waals surface area contributed by atoms with Crippen LogP contribution in [0.3, 0.4) is 0 Å². The van der Waals surface area contributed by atoms with E-state index in [2.05, 4.69) is 67.7 Å². The zero-order valence-corrected chi connectivity index (χ0v) is 25.8. The first-order chi connectivity index (χ1) is 21.1. The molecule has 1 rings (SSSR count). The Labute approximate surface area is 259 Å². The Kier molecular flexibility index (Phi) is 20.3. The normalized spacial score (nSPS) is 12.6. The number of unbranched alkanes of at least 4 members (excludes halogenated alkanes) is 1. The molecule has 0 bridgehead atoms. The lowest BCUT2D eigenvalue weighted by Crippen LogP contribution is -2.11. The fourth-order valence-electron chi connectivity index (χ4n) is 3.79. The molecule has 0 aliphatic heterocycles. The van der Waals surface area contributed by atoms with Gasteiger partial charge in [0.2, 0.25) is 0 Å². The number of rotatable bonds is 21. The highest BCUT2D eigenvalue weighted by Crippen LogP contribution is 2.33. The van der Waals surface area contributed by atoms with Crippen LogP contribution in [0.25, 0.3) is 0 Å². The molecule has 0 saturated carbocycles. The summed E-state index contributed by atoms with van der Waals surface area (Å²) in [7, 11) is 0. The van der Waals surface area contributed by atoms with E-state index in [-0.39, 0.29) is 31.0 Å². The number of halogens is 3. The number of hydrogen-bond acceptors (Lipinski definition) is 5. The van der Waals surface area contributed by atoms with Crippen LogP contribution in [-0.4, -0.2) is 24.3 Å². The number of ketones is 1. The van der Waals surface area contributed by atoms with E-state index in [1.54, 1.807) is 0 Å². The van der Waals surface area contributed by atoms with Crippen LogP contribution < -0.4 is 4.74 Å². The van der Waals surface area contributed by atoms with Gasteiger partial charge in [-0.15, -0.1) is 0 Å². The molecule has 0 heterocycles. The first-order valence-electron chi connectivity index (χ1n) is 15.1. The number of Topliss-reactive ketones (excluding diaryl/α,β-unsaturated/α-hetero) is 1. The van der Waals surface area contributed by atoms with Crippen LogP contribution in [-0.2, 0) is 20.5 Å². The van der Waals surface area contributed by atoms with Gasteiger partial charge in [0.05, 0.1) is 17.7 Å². The van der Waals surface area contributed by atoms with Gasteiger partial charge in [0.25, 0.3) is 0 Å². The summed E-state index contributed by atoms with van der Waals surface area (Å²) in [5, 5.41) is 0. The third kappa shape index (κ3) is 19.3. The highest BCUT2D eigenvalue weighted by atomic mass is 19.4. The molecule has 0 spiro atoms. The van der Waals surface area contributed by atoms with Gasteiger partial charge in [-0.2, -0.15) is 13.2 Å². The van der Waals surface area contributed by atoms with Crippen molar-refractivity contribution in [2.45, 2.75) is 90.7 Å². The summed E-state index contributed by atoms with van der Waals surface area (Å²) < 4.78 is 48.9. The molecule has 1 aromatic carbocycles. The first-order valence-corrected chi connectivity index (χ1v) is 15.1. The van der Waals surface area contributed by atoms with Crippen LogP contribution in [0.15, 0.2) is 91.1 Å². The van der Waals surface area contributed by atoms with Gasteiger partial charge >= 0.3 is 18.1 Å². The van der Waals surface area contributed by atoms with Gasteiger partial charge in [-0.05, 0) is 76.0 Å². The Bertz CT molecular complexity index is 1190. The quantitative estimate of drug-likeness (QED) is 0.0453. The number of hydrogen-bond donors (Lipinski definition) is 0. The van der Waals surface area contributed by atoms with E-state index in [0.29, 0.717) is 25.3 Å². The zero-order valence-electron chi connectivity index (χ0n) is 25.8. The number of carbonyl (C=O) groups excluding carboxylic acids is 3. The molecule has 8 heteroatoms. The SMILES string of the molecule is CC/C=C\C/C=C\C/C=C\C/C=C\C/C=C\C/C=C\CCC(=O)OCCCCC(=O)c1ccc(C(F)(F)F)cc1OC(C)=O. The van der Waals surface area contributed by atoms with Crippen molar-refractivity contribution in [3.8, 4) is 5.75 Å².